The molecule has 0 spiro atoms. The summed E-state index contributed by atoms with van der Waals surface area (Å²) in [5.74, 6) is 0.792. The van der Waals surface area contributed by atoms with E-state index in [0.717, 1.165) is 25.1 Å². The number of hydrogen-bond acceptors (Lipinski definition) is 4. The summed E-state index contributed by atoms with van der Waals surface area (Å²) in [6, 6.07) is 15.1. The molecule has 0 aliphatic carbocycles. The molecule has 0 N–H and O–H groups in total. The molecule has 0 radical (unpaired) electrons. The highest BCUT2D eigenvalue weighted by molar-refractivity contribution is 6.35. The summed E-state index contributed by atoms with van der Waals surface area (Å²) < 4.78 is 11.2. The maximum absolute atomic E-state index is 12.4. The second-order valence-electron chi connectivity index (χ2n) is 6.83. The molecule has 6 heteroatoms. The second kappa shape index (κ2) is 8.39. The lowest BCUT2D eigenvalue weighted by molar-refractivity contribution is 0.220. The van der Waals surface area contributed by atoms with Crippen LogP contribution in [0.25, 0.3) is 0 Å². The summed E-state index contributed by atoms with van der Waals surface area (Å²) in [4.78, 5) is 14.7. The van der Waals surface area contributed by atoms with E-state index in [1.54, 1.807) is 18.2 Å². The van der Waals surface area contributed by atoms with Crippen molar-refractivity contribution in [2.45, 2.75) is 26.1 Å². The van der Waals surface area contributed by atoms with Gasteiger partial charge in [-0.15, -0.1) is 0 Å². The Morgan fingerprint density at radius 1 is 1.07 bits per heavy atom. The van der Waals surface area contributed by atoms with Gasteiger partial charge in [-0.2, -0.15) is 0 Å². The third kappa shape index (κ3) is 4.41. The molecule has 0 amide bonds. The number of rotatable bonds is 5. The van der Waals surface area contributed by atoms with Crippen LogP contribution in [0, 0.1) is 0 Å². The Labute approximate surface area is 173 Å². The van der Waals surface area contributed by atoms with Gasteiger partial charge < -0.3 is 9.15 Å². The van der Waals surface area contributed by atoms with Gasteiger partial charge in [0.25, 0.3) is 0 Å². The lowest BCUT2D eigenvalue weighted by atomic mass is 10.00. The van der Waals surface area contributed by atoms with Crippen LogP contribution in [0.3, 0.4) is 0 Å². The normalized spacial score (nSPS) is 13.9. The predicted molar refractivity (Wildman–Crippen MR) is 110 cm³/mol. The molecular weight excluding hydrogens is 397 g/mol. The van der Waals surface area contributed by atoms with E-state index in [-0.39, 0.29) is 17.8 Å². The molecule has 28 heavy (non-hydrogen) atoms. The van der Waals surface area contributed by atoms with Crippen molar-refractivity contribution in [3.63, 3.8) is 0 Å². The van der Waals surface area contributed by atoms with E-state index < -0.39 is 0 Å². The first-order valence-corrected chi connectivity index (χ1v) is 9.81. The number of nitrogens with zero attached hydrogens (tertiary/aromatic N) is 1. The van der Waals surface area contributed by atoms with Crippen LogP contribution in [0.5, 0.6) is 5.75 Å². The van der Waals surface area contributed by atoms with E-state index in [0.29, 0.717) is 22.4 Å². The van der Waals surface area contributed by atoms with E-state index in [2.05, 4.69) is 29.2 Å². The zero-order chi connectivity index (χ0) is 19.5. The summed E-state index contributed by atoms with van der Waals surface area (Å²) in [6.45, 7) is 2.55. The van der Waals surface area contributed by atoms with Crippen molar-refractivity contribution in [1.29, 1.82) is 0 Å². The van der Waals surface area contributed by atoms with E-state index in [4.69, 9.17) is 32.4 Å². The molecule has 2 heterocycles. The van der Waals surface area contributed by atoms with Gasteiger partial charge in [-0.05, 0) is 29.7 Å². The average molecular weight is 416 g/mol. The predicted octanol–water partition coefficient (Wildman–Crippen LogP) is 5.08. The lowest BCUT2D eigenvalue weighted by Gasteiger charge is -2.28. The molecule has 2 aromatic carbocycles. The molecule has 0 bridgehead atoms. The van der Waals surface area contributed by atoms with E-state index in [1.807, 2.05) is 0 Å². The molecule has 3 aromatic rings. The van der Waals surface area contributed by atoms with Crippen LogP contribution in [0.15, 0.2) is 64.0 Å². The van der Waals surface area contributed by atoms with Gasteiger partial charge in [-0.3, -0.25) is 9.69 Å². The highest BCUT2D eigenvalue weighted by Gasteiger charge is 2.17. The Bertz CT molecular complexity index is 1050. The first-order valence-electron chi connectivity index (χ1n) is 9.06. The molecule has 1 aromatic heterocycles. The second-order valence-corrected chi connectivity index (χ2v) is 7.67. The van der Waals surface area contributed by atoms with Crippen LogP contribution in [-0.2, 0) is 26.1 Å². The molecule has 4 nitrogen and oxygen atoms in total. The first kappa shape index (κ1) is 19.1. The Kier molecular flexibility index (Phi) is 5.72. The Balaban J connectivity index is 1.40. The van der Waals surface area contributed by atoms with Crippen molar-refractivity contribution < 1.29 is 9.15 Å². The van der Waals surface area contributed by atoms with Gasteiger partial charge in [0.15, 0.2) is 0 Å². The lowest BCUT2D eigenvalue weighted by Crippen LogP contribution is -2.30. The smallest absolute Gasteiger partial charge is 0.227 e. The summed E-state index contributed by atoms with van der Waals surface area (Å²) in [5.41, 5.74) is 3.27. The first-order chi connectivity index (χ1) is 13.6. The van der Waals surface area contributed by atoms with Gasteiger partial charge in [-0.1, -0.05) is 53.5 Å². The minimum Gasteiger partial charge on any atom is -0.482 e. The summed E-state index contributed by atoms with van der Waals surface area (Å²) in [6.07, 6.45) is 2.38. The molecule has 144 valence electrons. The average Bonchev–Trinajstić information content (AvgIpc) is 2.68. The summed E-state index contributed by atoms with van der Waals surface area (Å²) in [7, 11) is 0. The molecule has 0 fully saturated rings. The highest BCUT2D eigenvalue weighted by Crippen LogP contribution is 2.23. The minimum absolute atomic E-state index is 0.166. The number of hydrogen-bond donors (Lipinski definition) is 0. The van der Waals surface area contributed by atoms with Gasteiger partial charge in [-0.25, -0.2) is 0 Å². The van der Waals surface area contributed by atoms with Crippen LogP contribution in [-0.4, -0.2) is 11.4 Å². The van der Waals surface area contributed by atoms with Crippen molar-refractivity contribution >= 4 is 23.2 Å². The maximum Gasteiger partial charge on any atom is 0.227 e. The molecular formula is C22H19Cl2NO3. The van der Waals surface area contributed by atoms with Crippen molar-refractivity contribution in [2.75, 3.05) is 6.54 Å². The van der Waals surface area contributed by atoms with Crippen LogP contribution in [0.2, 0.25) is 10.0 Å². The fourth-order valence-corrected chi connectivity index (χ4v) is 3.79. The number of ether oxygens (including phenoxy) is 1. The zero-order valence-corrected chi connectivity index (χ0v) is 16.7. The van der Waals surface area contributed by atoms with Crippen LogP contribution < -0.4 is 10.2 Å². The fraction of sp³-hybridized carbons (Fsp3) is 0.227. The Hall–Kier alpha value is -2.27. The Morgan fingerprint density at radius 2 is 1.89 bits per heavy atom. The standard InChI is InChI=1S/C22H19Cl2NO3/c23-18-6-5-17(20(24)9-18)13-28-22-14-27-19(10-21(22)26)12-25-8-7-15-3-1-2-4-16(15)11-25/h1-6,9-10,14H,7-8,11-13H2. The zero-order valence-electron chi connectivity index (χ0n) is 15.2. The largest absolute Gasteiger partial charge is 0.482 e. The summed E-state index contributed by atoms with van der Waals surface area (Å²) >= 11 is 12.0. The fourth-order valence-electron chi connectivity index (χ4n) is 3.33. The third-order valence-corrected chi connectivity index (χ3v) is 5.43. The van der Waals surface area contributed by atoms with Crippen LogP contribution in [0.1, 0.15) is 22.5 Å². The molecule has 0 saturated heterocycles. The third-order valence-electron chi connectivity index (χ3n) is 4.84. The van der Waals surface area contributed by atoms with Gasteiger partial charge in [0.2, 0.25) is 11.2 Å². The SMILES string of the molecule is O=c1cc(CN2CCc3ccccc3C2)occ1OCc1ccc(Cl)cc1Cl. The van der Waals surface area contributed by atoms with Crippen LogP contribution >= 0.6 is 23.2 Å². The molecule has 1 aliphatic heterocycles. The maximum atomic E-state index is 12.4. The van der Waals surface area contributed by atoms with Crippen molar-refractivity contribution in [2.24, 2.45) is 0 Å². The number of halogens is 2. The van der Waals surface area contributed by atoms with E-state index in [9.17, 15) is 4.79 Å². The molecule has 1 aliphatic rings. The van der Waals surface area contributed by atoms with Gasteiger partial charge in [0.05, 0.1) is 6.54 Å². The van der Waals surface area contributed by atoms with Gasteiger partial charge >= 0.3 is 0 Å². The monoisotopic (exact) mass is 415 g/mol. The van der Waals surface area contributed by atoms with Gasteiger partial charge in [0, 0.05) is 34.8 Å². The number of benzene rings is 2. The minimum atomic E-state index is -0.205. The van der Waals surface area contributed by atoms with Crippen molar-refractivity contribution in [3.8, 4) is 5.75 Å². The molecule has 0 unspecified atom stereocenters. The Morgan fingerprint density at radius 3 is 2.68 bits per heavy atom. The summed E-state index contributed by atoms with van der Waals surface area (Å²) in [5, 5.41) is 1.05. The van der Waals surface area contributed by atoms with Crippen molar-refractivity contribution in [1.82, 2.24) is 4.90 Å². The van der Waals surface area contributed by atoms with E-state index >= 15 is 0 Å². The topological polar surface area (TPSA) is 42.7 Å². The number of fused-ring (bicyclic) bond motifs is 1. The molecule has 0 saturated carbocycles. The van der Waals surface area contributed by atoms with Crippen LogP contribution in [0.4, 0.5) is 0 Å². The molecule has 0 atom stereocenters. The van der Waals surface area contributed by atoms with Crippen molar-refractivity contribution in [3.05, 3.63) is 97.5 Å². The van der Waals surface area contributed by atoms with Gasteiger partial charge in [0.1, 0.15) is 18.6 Å². The van der Waals surface area contributed by atoms with E-state index in [1.165, 1.54) is 23.5 Å². The highest BCUT2D eigenvalue weighted by atomic mass is 35.5. The molecule has 4 rings (SSSR count). The quantitative estimate of drug-likeness (QED) is 0.582.